The smallest absolute Gasteiger partial charge is 0.258 e. The zero-order valence-electron chi connectivity index (χ0n) is 13.0. The lowest BCUT2D eigenvalue weighted by molar-refractivity contribution is 0.830. The average Bonchev–Trinajstić information content (AvgIpc) is 3.01. The maximum atomic E-state index is 12.1. The molecule has 0 saturated carbocycles. The first-order valence-electron chi connectivity index (χ1n) is 7.54. The third-order valence-electron chi connectivity index (χ3n) is 3.26. The number of H-pyrrole nitrogens is 1. The molecule has 0 amide bonds. The van der Waals surface area contributed by atoms with Crippen LogP contribution in [0, 0.1) is 0 Å². The highest BCUT2D eigenvalue weighted by Gasteiger charge is 2.08. The fourth-order valence-electron chi connectivity index (χ4n) is 2.07. The summed E-state index contributed by atoms with van der Waals surface area (Å²) in [5.74, 6) is 1.11. The van der Waals surface area contributed by atoms with E-state index in [1.54, 1.807) is 18.2 Å². The molecule has 0 fully saturated rings. The largest absolute Gasteiger partial charge is 0.360 e. The summed E-state index contributed by atoms with van der Waals surface area (Å²) < 4.78 is 0.836. The minimum absolute atomic E-state index is 0.161. The first kappa shape index (κ1) is 17.2. The molecule has 0 radical (unpaired) electrons. The van der Waals surface area contributed by atoms with E-state index in [9.17, 15) is 4.79 Å². The SMILES string of the molecule is CCCCNc1nnc(SCc2nc3cc(Cl)ccc3c(=O)[nH]2)s1. The molecule has 6 nitrogen and oxygen atoms in total. The maximum Gasteiger partial charge on any atom is 0.258 e. The average molecular weight is 382 g/mol. The van der Waals surface area contributed by atoms with Crippen LogP contribution < -0.4 is 10.9 Å². The van der Waals surface area contributed by atoms with Crippen molar-refractivity contribution in [3.8, 4) is 0 Å². The summed E-state index contributed by atoms with van der Waals surface area (Å²) in [5, 5.41) is 13.4. The molecule has 0 spiro atoms. The van der Waals surface area contributed by atoms with Crippen LogP contribution in [-0.2, 0) is 5.75 Å². The molecule has 1 aromatic carbocycles. The van der Waals surface area contributed by atoms with Crippen LogP contribution >= 0.6 is 34.7 Å². The van der Waals surface area contributed by atoms with Gasteiger partial charge in [0.25, 0.3) is 5.56 Å². The second kappa shape index (κ2) is 7.96. The molecule has 0 aliphatic heterocycles. The van der Waals surface area contributed by atoms with Crippen molar-refractivity contribution >= 4 is 50.7 Å². The van der Waals surface area contributed by atoms with Gasteiger partial charge in [-0.15, -0.1) is 10.2 Å². The number of rotatable bonds is 7. The monoisotopic (exact) mass is 381 g/mol. The van der Waals surface area contributed by atoms with Gasteiger partial charge in [-0.05, 0) is 24.6 Å². The van der Waals surface area contributed by atoms with Crippen LogP contribution in [0.25, 0.3) is 10.9 Å². The first-order chi connectivity index (χ1) is 11.7. The van der Waals surface area contributed by atoms with E-state index >= 15 is 0 Å². The lowest BCUT2D eigenvalue weighted by atomic mass is 10.2. The minimum atomic E-state index is -0.161. The molecule has 0 aliphatic rings. The summed E-state index contributed by atoms with van der Waals surface area (Å²) in [6, 6.07) is 5.06. The zero-order valence-corrected chi connectivity index (χ0v) is 15.4. The number of unbranched alkanes of at least 4 members (excludes halogenated alkanes) is 1. The van der Waals surface area contributed by atoms with Crippen LogP contribution in [0.1, 0.15) is 25.6 Å². The van der Waals surface area contributed by atoms with Gasteiger partial charge in [-0.2, -0.15) is 0 Å². The number of halogens is 1. The highest BCUT2D eigenvalue weighted by Crippen LogP contribution is 2.27. The molecule has 2 heterocycles. The third kappa shape index (κ3) is 4.25. The Bertz CT molecular complexity index is 895. The molecule has 3 rings (SSSR count). The summed E-state index contributed by atoms with van der Waals surface area (Å²) in [4.78, 5) is 19.3. The molecule has 2 aromatic heterocycles. The normalized spacial score (nSPS) is 11.1. The van der Waals surface area contributed by atoms with Crippen LogP contribution in [0.15, 0.2) is 27.3 Å². The topological polar surface area (TPSA) is 83.6 Å². The van der Waals surface area contributed by atoms with Crippen molar-refractivity contribution in [2.24, 2.45) is 0 Å². The summed E-state index contributed by atoms with van der Waals surface area (Å²) in [6.07, 6.45) is 2.24. The van der Waals surface area contributed by atoms with Crippen LogP contribution in [0.5, 0.6) is 0 Å². The van der Waals surface area contributed by atoms with Gasteiger partial charge < -0.3 is 10.3 Å². The molecule has 0 aliphatic carbocycles. The summed E-state index contributed by atoms with van der Waals surface area (Å²) in [5.41, 5.74) is 0.437. The van der Waals surface area contributed by atoms with E-state index in [4.69, 9.17) is 11.6 Å². The van der Waals surface area contributed by atoms with Crippen molar-refractivity contribution in [2.75, 3.05) is 11.9 Å². The molecule has 0 bridgehead atoms. The Balaban J connectivity index is 1.68. The van der Waals surface area contributed by atoms with Crippen LogP contribution in [0.2, 0.25) is 5.02 Å². The van der Waals surface area contributed by atoms with Gasteiger partial charge in [0.2, 0.25) is 5.13 Å². The lowest BCUT2D eigenvalue weighted by Crippen LogP contribution is -2.11. The molecule has 2 N–H and O–H groups in total. The van der Waals surface area contributed by atoms with Gasteiger partial charge in [0.1, 0.15) is 5.82 Å². The summed E-state index contributed by atoms with van der Waals surface area (Å²) >= 11 is 8.97. The highest BCUT2D eigenvalue weighted by molar-refractivity contribution is 8.00. The number of fused-ring (bicyclic) bond motifs is 1. The Morgan fingerprint density at radius 3 is 3.08 bits per heavy atom. The number of thioether (sulfide) groups is 1. The van der Waals surface area contributed by atoms with Gasteiger partial charge in [0.15, 0.2) is 4.34 Å². The number of anilines is 1. The maximum absolute atomic E-state index is 12.1. The number of nitrogens with one attached hydrogen (secondary N) is 2. The van der Waals surface area contributed by atoms with Crippen molar-refractivity contribution in [1.29, 1.82) is 0 Å². The number of hydrogen-bond donors (Lipinski definition) is 2. The lowest BCUT2D eigenvalue weighted by Gasteiger charge is -2.02. The zero-order chi connectivity index (χ0) is 16.9. The van der Waals surface area contributed by atoms with E-state index in [2.05, 4.69) is 32.4 Å². The van der Waals surface area contributed by atoms with Gasteiger partial charge in [0.05, 0.1) is 16.7 Å². The van der Waals surface area contributed by atoms with Crippen molar-refractivity contribution in [2.45, 2.75) is 29.9 Å². The van der Waals surface area contributed by atoms with Gasteiger partial charge in [-0.1, -0.05) is 48.0 Å². The Morgan fingerprint density at radius 1 is 1.38 bits per heavy atom. The minimum Gasteiger partial charge on any atom is -0.360 e. The van der Waals surface area contributed by atoms with Crippen molar-refractivity contribution in [1.82, 2.24) is 20.2 Å². The van der Waals surface area contributed by atoms with E-state index in [0.29, 0.717) is 27.5 Å². The Morgan fingerprint density at radius 2 is 2.25 bits per heavy atom. The molecule has 3 aromatic rings. The first-order valence-corrected chi connectivity index (χ1v) is 9.72. The van der Waals surface area contributed by atoms with E-state index in [1.165, 1.54) is 23.1 Å². The predicted molar refractivity (Wildman–Crippen MR) is 100 cm³/mol. The van der Waals surface area contributed by atoms with Gasteiger partial charge in [-0.3, -0.25) is 4.79 Å². The second-order valence-electron chi connectivity index (χ2n) is 5.12. The van der Waals surface area contributed by atoms with Gasteiger partial charge >= 0.3 is 0 Å². The summed E-state index contributed by atoms with van der Waals surface area (Å²) in [7, 11) is 0. The van der Waals surface area contributed by atoms with Crippen LogP contribution in [0.3, 0.4) is 0 Å². The number of aromatic nitrogens is 4. The van der Waals surface area contributed by atoms with E-state index in [0.717, 1.165) is 28.9 Å². The number of nitrogens with zero attached hydrogens (tertiary/aromatic N) is 3. The van der Waals surface area contributed by atoms with Crippen LogP contribution in [-0.4, -0.2) is 26.7 Å². The second-order valence-corrected chi connectivity index (χ2v) is 7.75. The van der Waals surface area contributed by atoms with Crippen LogP contribution in [0.4, 0.5) is 5.13 Å². The van der Waals surface area contributed by atoms with Crippen molar-refractivity contribution in [3.63, 3.8) is 0 Å². The van der Waals surface area contributed by atoms with Crippen molar-refractivity contribution in [3.05, 3.63) is 39.4 Å². The van der Waals surface area contributed by atoms with Gasteiger partial charge in [0, 0.05) is 11.6 Å². The fraction of sp³-hybridized carbons (Fsp3) is 0.333. The predicted octanol–water partition coefficient (Wildman–Crippen LogP) is 3.93. The Hall–Kier alpha value is -1.64. The van der Waals surface area contributed by atoms with E-state index in [1.807, 2.05) is 0 Å². The van der Waals surface area contributed by atoms with E-state index in [-0.39, 0.29) is 5.56 Å². The Labute approximate surface area is 152 Å². The molecule has 126 valence electrons. The number of aromatic amines is 1. The summed E-state index contributed by atoms with van der Waals surface area (Å²) in [6.45, 7) is 3.05. The molecule has 0 saturated heterocycles. The number of benzene rings is 1. The van der Waals surface area contributed by atoms with Gasteiger partial charge in [-0.25, -0.2) is 4.98 Å². The van der Waals surface area contributed by atoms with E-state index < -0.39 is 0 Å². The third-order valence-corrected chi connectivity index (χ3v) is 5.52. The highest BCUT2D eigenvalue weighted by atomic mass is 35.5. The molecular weight excluding hydrogens is 366 g/mol. The molecular formula is C15H16ClN5OS2. The quantitative estimate of drug-likeness (QED) is 0.476. The Kier molecular flexibility index (Phi) is 5.70. The molecule has 9 heteroatoms. The molecule has 24 heavy (non-hydrogen) atoms. The standard InChI is InChI=1S/C15H16ClN5OS2/c1-2-3-6-17-14-20-21-15(24-14)23-8-12-18-11-7-9(16)4-5-10(11)13(22)19-12/h4-5,7H,2-3,6,8H2,1H3,(H,17,20)(H,18,19,22). The molecule has 0 unspecified atom stereocenters. The molecule has 0 atom stereocenters. The fourth-order valence-corrected chi connectivity index (χ4v) is 3.89. The van der Waals surface area contributed by atoms with Crippen molar-refractivity contribution < 1.29 is 0 Å². The number of hydrogen-bond acceptors (Lipinski definition) is 7.